The lowest BCUT2D eigenvalue weighted by molar-refractivity contribution is -0.133. The summed E-state index contributed by atoms with van der Waals surface area (Å²) < 4.78 is 0. The molecule has 0 aromatic heterocycles. The van der Waals surface area contributed by atoms with Crippen molar-refractivity contribution in [1.29, 1.82) is 0 Å². The summed E-state index contributed by atoms with van der Waals surface area (Å²) in [5.74, 6) is -2.76. The molecular weight excluding hydrogens is 184 g/mol. The van der Waals surface area contributed by atoms with E-state index in [1.54, 1.807) is 0 Å². The molecule has 14 heavy (non-hydrogen) atoms. The first-order valence-corrected chi connectivity index (χ1v) is 3.93. The molecule has 4 nitrogen and oxygen atoms in total. The highest BCUT2D eigenvalue weighted by Crippen LogP contribution is 2.15. The van der Waals surface area contributed by atoms with Gasteiger partial charge in [-0.1, -0.05) is 18.7 Å². The van der Waals surface area contributed by atoms with Crippen LogP contribution in [0.15, 0.2) is 37.0 Å². The number of aliphatic carboxylic acids is 2. The van der Waals surface area contributed by atoms with E-state index < -0.39 is 17.9 Å². The third-order valence-electron chi connectivity index (χ3n) is 1.61. The summed E-state index contributed by atoms with van der Waals surface area (Å²) in [5.41, 5.74) is -0.0394. The van der Waals surface area contributed by atoms with Gasteiger partial charge in [0.2, 0.25) is 0 Å². The zero-order valence-corrected chi connectivity index (χ0v) is 7.64. The first kappa shape index (κ1) is 12.2. The van der Waals surface area contributed by atoms with Crippen molar-refractivity contribution < 1.29 is 19.8 Å². The fourth-order valence-electron chi connectivity index (χ4n) is 0.874. The molecule has 1 atom stereocenters. The summed E-state index contributed by atoms with van der Waals surface area (Å²) in [6.07, 6.45) is 4.07. The van der Waals surface area contributed by atoms with Crippen molar-refractivity contribution in [3.05, 3.63) is 37.0 Å². The van der Waals surface area contributed by atoms with Gasteiger partial charge in [-0.25, -0.2) is 9.59 Å². The van der Waals surface area contributed by atoms with Crippen LogP contribution in [0, 0.1) is 5.92 Å². The Morgan fingerprint density at radius 3 is 2.29 bits per heavy atom. The van der Waals surface area contributed by atoms with Gasteiger partial charge in [-0.15, -0.1) is 6.58 Å². The second-order valence-corrected chi connectivity index (χ2v) is 2.66. The summed E-state index contributed by atoms with van der Waals surface area (Å²) in [4.78, 5) is 20.8. The van der Waals surface area contributed by atoms with Gasteiger partial charge in [0.15, 0.2) is 0 Å². The quantitative estimate of drug-likeness (QED) is 0.498. The largest absolute Gasteiger partial charge is 0.478 e. The molecule has 0 aromatic carbocycles. The van der Waals surface area contributed by atoms with Gasteiger partial charge in [-0.05, 0) is 6.42 Å². The molecule has 0 spiro atoms. The van der Waals surface area contributed by atoms with Gasteiger partial charge in [-0.2, -0.15) is 0 Å². The Morgan fingerprint density at radius 1 is 1.36 bits per heavy atom. The number of hydrogen-bond donors (Lipinski definition) is 2. The van der Waals surface area contributed by atoms with E-state index in [1.807, 2.05) is 0 Å². The second kappa shape index (κ2) is 5.75. The third kappa shape index (κ3) is 4.25. The number of carbonyl (C=O) groups is 2. The van der Waals surface area contributed by atoms with Crippen LogP contribution in [-0.2, 0) is 9.59 Å². The molecule has 0 fully saturated rings. The van der Waals surface area contributed by atoms with Crippen molar-refractivity contribution in [3.63, 3.8) is 0 Å². The maximum absolute atomic E-state index is 10.5. The van der Waals surface area contributed by atoms with Crippen molar-refractivity contribution >= 4 is 11.9 Å². The molecule has 76 valence electrons. The maximum Gasteiger partial charge on any atom is 0.331 e. The second-order valence-electron chi connectivity index (χ2n) is 2.66. The minimum atomic E-state index is -1.13. The molecule has 0 aromatic rings. The van der Waals surface area contributed by atoms with Gasteiger partial charge in [0.25, 0.3) is 0 Å². The number of carboxylic acids is 2. The molecule has 0 aliphatic heterocycles. The monoisotopic (exact) mass is 196 g/mol. The van der Waals surface area contributed by atoms with Crippen LogP contribution in [0.25, 0.3) is 0 Å². The lowest BCUT2D eigenvalue weighted by Gasteiger charge is -2.08. The molecule has 4 heteroatoms. The summed E-state index contributed by atoms with van der Waals surface area (Å²) in [6.45, 7) is 6.81. The first-order valence-electron chi connectivity index (χ1n) is 3.93. The Kier molecular flexibility index (Phi) is 4.99. The van der Waals surface area contributed by atoms with E-state index in [9.17, 15) is 9.59 Å². The molecule has 1 unspecified atom stereocenters. The fourth-order valence-corrected chi connectivity index (χ4v) is 0.874. The molecule has 2 N–H and O–H groups in total. The molecule has 0 aliphatic rings. The van der Waals surface area contributed by atoms with E-state index in [4.69, 9.17) is 10.2 Å². The summed E-state index contributed by atoms with van der Waals surface area (Å²) >= 11 is 0. The SMILES string of the molecule is C=CCC(C=CC(=O)O)C(=C)C(=O)O. The van der Waals surface area contributed by atoms with Crippen molar-refractivity contribution in [2.75, 3.05) is 0 Å². The first-order chi connectivity index (χ1) is 6.49. The van der Waals surface area contributed by atoms with Crippen LogP contribution in [0.2, 0.25) is 0 Å². The standard InChI is InChI=1S/C10H12O4/c1-3-4-8(5-6-9(11)12)7(2)10(13)14/h3,5-6,8H,1-2,4H2,(H,11,12)(H,13,14). The summed E-state index contributed by atoms with van der Waals surface area (Å²) in [7, 11) is 0. The van der Waals surface area contributed by atoms with Crippen molar-refractivity contribution in [1.82, 2.24) is 0 Å². The molecule has 0 rings (SSSR count). The zero-order valence-electron chi connectivity index (χ0n) is 7.64. The molecule has 0 saturated heterocycles. The van der Waals surface area contributed by atoms with E-state index in [0.29, 0.717) is 6.42 Å². The number of rotatable bonds is 6. The molecular formula is C10H12O4. The van der Waals surface area contributed by atoms with E-state index in [0.717, 1.165) is 6.08 Å². The molecule has 0 radical (unpaired) electrons. The Morgan fingerprint density at radius 2 is 1.93 bits per heavy atom. The van der Waals surface area contributed by atoms with Gasteiger partial charge in [-0.3, -0.25) is 0 Å². The molecule has 0 heterocycles. The van der Waals surface area contributed by atoms with Crippen molar-refractivity contribution in [3.8, 4) is 0 Å². The Labute approximate surface area is 81.9 Å². The Balaban J connectivity index is 4.59. The lowest BCUT2D eigenvalue weighted by atomic mass is 9.96. The van der Waals surface area contributed by atoms with E-state index >= 15 is 0 Å². The van der Waals surface area contributed by atoms with Crippen LogP contribution in [0.1, 0.15) is 6.42 Å². The average Bonchev–Trinajstić information content (AvgIpc) is 2.10. The van der Waals surface area contributed by atoms with Crippen molar-refractivity contribution in [2.24, 2.45) is 5.92 Å². The lowest BCUT2D eigenvalue weighted by Crippen LogP contribution is -2.09. The topological polar surface area (TPSA) is 74.6 Å². The van der Waals surface area contributed by atoms with E-state index in [-0.39, 0.29) is 5.57 Å². The maximum atomic E-state index is 10.5. The zero-order chi connectivity index (χ0) is 11.1. The molecule has 0 bridgehead atoms. The summed E-state index contributed by atoms with van der Waals surface area (Å²) in [6, 6.07) is 0. The van der Waals surface area contributed by atoms with Crippen LogP contribution in [0.3, 0.4) is 0 Å². The predicted molar refractivity (Wildman–Crippen MR) is 51.9 cm³/mol. The van der Waals surface area contributed by atoms with Crippen LogP contribution in [0.5, 0.6) is 0 Å². The van der Waals surface area contributed by atoms with Gasteiger partial charge in [0.05, 0.1) is 0 Å². The highest BCUT2D eigenvalue weighted by Gasteiger charge is 2.14. The minimum absolute atomic E-state index is 0.0394. The van der Waals surface area contributed by atoms with Gasteiger partial charge < -0.3 is 10.2 Å². The number of hydrogen-bond acceptors (Lipinski definition) is 2. The van der Waals surface area contributed by atoms with Gasteiger partial charge >= 0.3 is 11.9 Å². The molecule has 0 saturated carbocycles. The van der Waals surface area contributed by atoms with Crippen LogP contribution in [0.4, 0.5) is 0 Å². The summed E-state index contributed by atoms with van der Waals surface area (Å²) in [5, 5.41) is 17.0. The smallest absolute Gasteiger partial charge is 0.331 e. The fraction of sp³-hybridized carbons (Fsp3) is 0.200. The Bertz CT molecular complexity index is 288. The Hall–Kier alpha value is -1.84. The minimum Gasteiger partial charge on any atom is -0.478 e. The van der Waals surface area contributed by atoms with Gasteiger partial charge in [0.1, 0.15) is 0 Å². The highest BCUT2D eigenvalue weighted by molar-refractivity contribution is 5.87. The van der Waals surface area contributed by atoms with E-state index in [2.05, 4.69) is 13.2 Å². The normalized spacial score (nSPS) is 12.3. The van der Waals surface area contributed by atoms with Crippen LogP contribution in [-0.4, -0.2) is 22.2 Å². The highest BCUT2D eigenvalue weighted by atomic mass is 16.4. The van der Waals surface area contributed by atoms with Crippen LogP contribution >= 0.6 is 0 Å². The number of carboxylic acid groups (broad SMARTS) is 2. The predicted octanol–water partition coefficient (Wildman–Crippen LogP) is 1.46. The van der Waals surface area contributed by atoms with Gasteiger partial charge in [0, 0.05) is 17.6 Å². The molecule has 0 aliphatic carbocycles. The van der Waals surface area contributed by atoms with Crippen molar-refractivity contribution in [2.45, 2.75) is 6.42 Å². The molecule has 0 amide bonds. The van der Waals surface area contributed by atoms with Crippen LogP contribution < -0.4 is 0 Å². The number of allylic oxidation sites excluding steroid dienone is 2. The van der Waals surface area contributed by atoms with E-state index in [1.165, 1.54) is 12.2 Å². The average molecular weight is 196 g/mol. The third-order valence-corrected chi connectivity index (χ3v) is 1.61.